The third-order valence-corrected chi connectivity index (χ3v) is 3.70. The zero-order valence-electron chi connectivity index (χ0n) is 13.5. The quantitative estimate of drug-likeness (QED) is 0.634. The molecule has 0 spiro atoms. The lowest BCUT2D eigenvalue weighted by atomic mass is 10.0. The van der Waals surface area contributed by atoms with Gasteiger partial charge in [0.25, 0.3) is 0 Å². The van der Waals surface area contributed by atoms with Crippen molar-refractivity contribution in [3.63, 3.8) is 0 Å². The number of nitrogens with zero attached hydrogens (tertiary/aromatic N) is 2. The number of hydrogen-bond donors (Lipinski definition) is 0. The van der Waals surface area contributed by atoms with Crippen LogP contribution in [0.15, 0.2) is 59.0 Å². The molecule has 0 bridgehead atoms. The zero-order chi connectivity index (χ0) is 16.1. The maximum atomic E-state index is 5.81. The molecule has 0 saturated carbocycles. The summed E-state index contributed by atoms with van der Waals surface area (Å²) in [6.45, 7) is 4.23. The van der Waals surface area contributed by atoms with E-state index in [-0.39, 0.29) is 0 Å². The van der Waals surface area contributed by atoms with Crippen LogP contribution in [-0.4, -0.2) is 10.2 Å². The van der Waals surface area contributed by atoms with E-state index >= 15 is 0 Å². The molecule has 0 aliphatic rings. The predicted molar refractivity (Wildman–Crippen MR) is 93.7 cm³/mol. The van der Waals surface area contributed by atoms with Crippen molar-refractivity contribution in [1.82, 2.24) is 10.2 Å². The molecule has 0 aliphatic carbocycles. The molecule has 0 amide bonds. The van der Waals surface area contributed by atoms with E-state index in [4.69, 9.17) is 4.42 Å². The number of aromatic nitrogens is 2. The van der Waals surface area contributed by atoms with Crippen molar-refractivity contribution in [2.75, 3.05) is 0 Å². The van der Waals surface area contributed by atoms with Crippen LogP contribution in [0.5, 0.6) is 0 Å². The highest BCUT2D eigenvalue weighted by atomic mass is 16.4. The van der Waals surface area contributed by atoms with Gasteiger partial charge in [-0.15, -0.1) is 10.2 Å². The molecule has 3 heteroatoms. The van der Waals surface area contributed by atoms with Gasteiger partial charge in [0.15, 0.2) is 0 Å². The standard InChI is InChI=1S/C20H20N2O/c1-3-7-18(16-8-5-4-6-9-16)14-19-21-22-20(23-19)17-12-10-15(2)11-13-17/h4-6,8-14H,3,7H2,1-2H3/b18-14-. The predicted octanol–water partition coefficient (Wildman–Crippen LogP) is 5.39. The molecule has 0 fully saturated rings. The summed E-state index contributed by atoms with van der Waals surface area (Å²) in [6, 6.07) is 18.4. The van der Waals surface area contributed by atoms with Crippen LogP contribution in [-0.2, 0) is 0 Å². The minimum Gasteiger partial charge on any atom is -0.417 e. The highest BCUT2D eigenvalue weighted by Crippen LogP contribution is 2.24. The third-order valence-electron chi connectivity index (χ3n) is 3.70. The van der Waals surface area contributed by atoms with Crippen LogP contribution in [0.3, 0.4) is 0 Å². The Morgan fingerprint density at radius 2 is 1.74 bits per heavy atom. The molecule has 0 saturated heterocycles. The summed E-state index contributed by atoms with van der Waals surface area (Å²) in [4.78, 5) is 0. The van der Waals surface area contributed by atoms with E-state index in [1.165, 1.54) is 16.7 Å². The topological polar surface area (TPSA) is 38.9 Å². The van der Waals surface area contributed by atoms with Crippen molar-refractivity contribution in [2.24, 2.45) is 0 Å². The molecule has 1 heterocycles. The zero-order valence-corrected chi connectivity index (χ0v) is 13.5. The Balaban J connectivity index is 1.90. The number of allylic oxidation sites excluding steroid dienone is 1. The molecule has 1 aromatic heterocycles. The molecule has 0 N–H and O–H groups in total. The molecule has 0 unspecified atom stereocenters. The monoisotopic (exact) mass is 304 g/mol. The molecule has 0 atom stereocenters. The van der Waals surface area contributed by atoms with Crippen LogP contribution in [0, 0.1) is 6.92 Å². The van der Waals surface area contributed by atoms with Gasteiger partial charge in [-0.3, -0.25) is 0 Å². The molecule has 3 nitrogen and oxygen atoms in total. The smallest absolute Gasteiger partial charge is 0.248 e. The fourth-order valence-corrected chi connectivity index (χ4v) is 2.48. The van der Waals surface area contributed by atoms with Gasteiger partial charge in [0.05, 0.1) is 0 Å². The Labute approximate surface area is 136 Å². The first kappa shape index (κ1) is 15.2. The fourth-order valence-electron chi connectivity index (χ4n) is 2.48. The highest BCUT2D eigenvalue weighted by molar-refractivity contribution is 5.79. The van der Waals surface area contributed by atoms with Gasteiger partial charge in [0, 0.05) is 11.6 Å². The second-order valence-corrected chi connectivity index (χ2v) is 5.60. The first-order valence-electron chi connectivity index (χ1n) is 7.93. The summed E-state index contributed by atoms with van der Waals surface area (Å²) in [5.41, 5.74) is 4.57. The SMILES string of the molecule is CCC/C(=C/c1nnc(-c2ccc(C)cc2)o1)c1ccccc1. The summed E-state index contributed by atoms with van der Waals surface area (Å²) in [5, 5.41) is 8.33. The molecule has 2 aromatic carbocycles. The van der Waals surface area contributed by atoms with Crippen molar-refractivity contribution in [1.29, 1.82) is 0 Å². The van der Waals surface area contributed by atoms with E-state index in [0.717, 1.165) is 18.4 Å². The van der Waals surface area contributed by atoms with Crippen LogP contribution in [0.25, 0.3) is 23.1 Å². The van der Waals surface area contributed by atoms with E-state index in [1.54, 1.807) is 0 Å². The summed E-state index contributed by atoms with van der Waals surface area (Å²) in [7, 11) is 0. The average Bonchev–Trinajstić information content (AvgIpc) is 3.04. The number of hydrogen-bond acceptors (Lipinski definition) is 3. The second kappa shape index (κ2) is 7.05. The number of aryl methyl sites for hydroxylation is 1. The lowest BCUT2D eigenvalue weighted by molar-refractivity contribution is 0.557. The summed E-state index contributed by atoms with van der Waals surface area (Å²) in [6.07, 6.45) is 4.04. The van der Waals surface area contributed by atoms with Gasteiger partial charge in [0.1, 0.15) is 0 Å². The van der Waals surface area contributed by atoms with Crippen LogP contribution in [0.1, 0.15) is 36.8 Å². The largest absolute Gasteiger partial charge is 0.417 e. The fraction of sp³-hybridized carbons (Fsp3) is 0.200. The van der Waals surface area contributed by atoms with Gasteiger partial charge in [-0.05, 0) is 36.6 Å². The Morgan fingerprint density at radius 3 is 2.43 bits per heavy atom. The summed E-state index contributed by atoms with van der Waals surface area (Å²) in [5.74, 6) is 1.10. The lowest BCUT2D eigenvalue weighted by Crippen LogP contribution is -1.84. The van der Waals surface area contributed by atoms with Crippen molar-refractivity contribution in [2.45, 2.75) is 26.7 Å². The minimum atomic E-state index is 0.549. The van der Waals surface area contributed by atoms with Crippen LogP contribution in [0.2, 0.25) is 0 Å². The number of benzene rings is 2. The normalized spacial score (nSPS) is 11.7. The van der Waals surface area contributed by atoms with Crippen molar-refractivity contribution >= 4 is 11.6 Å². The van der Waals surface area contributed by atoms with Crippen LogP contribution < -0.4 is 0 Å². The van der Waals surface area contributed by atoms with E-state index in [9.17, 15) is 0 Å². The van der Waals surface area contributed by atoms with Gasteiger partial charge >= 0.3 is 0 Å². The number of rotatable bonds is 5. The van der Waals surface area contributed by atoms with Gasteiger partial charge in [-0.2, -0.15) is 0 Å². The van der Waals surface area contributed by atoms with E-state index < -0.39 is 0 Å². The maximum absolute atomic E-state index is 5.81. The van der Waals surface area contributed by atoms with Gasteiger partial charge in [-0.1, -0.05) is 61.4 Å². The van der Waals surface area contributed by atoms with Gasteiger partial charge in [0.2, 0.25) is 11.8 Å². The molecule has 116 valence electrons. The first-order chi connectivity index (χ1) is 11.3. The lowest BCUT2D eigenvalue weighted by Gasteiger charge is -2.04. The minimum absolute atomic E-state index is 0.549. The first-order valence-corrected chi connectivity index (χ1v) is 7.93. The summed E-state index contributed by atoms with van der Waals surface area (Å²) >= 11 is 0. The molecule has 3 aromatic rings. The van der Waals surface area contributed by atoms with E-state index in [0.29, 0.717) is 11.8 Å². The Kier molecular flexibility index (Phi) is 4.67. The van der Waals surface area contributed by atoms with E-state index in [1.807, 2.05) is 48.5 Å². The van der Waals surface area contributed by atoms with Crippen molar-refractivity contribution in [3.05, 3.63) is 71.6 Å². The Hall–Kier alpha value is -2.68. The van der Waals surface area contributed by atoms with Crippen LogP contribution in [0.4, 0.5) is 0 Å². The van der Waals surface area contributed by atoms with Gasteiger partial charge in [-0.25, -0.2) is 0 Å². The molecule has 0 aliphatic heterocycles. The van der Waals surface area contributed by atoms with Crippen LogP contribution >= 0.6 is 0 Å². The van der Waals surface area contributed by atoms with E-state index in [2.05, 4.69) is 36.2 Å². The molecular formula is C20H20N2O. The molecule has 3 rings (SSSR count). The van der Waals surface area contributed by atoms with Gasteiger partial charge < -0.3 is 4.42 Å². The highest BCUT2D eigenvalue weighted by Gasteiger charge is 2.08. The second-order valence-electron chi connectivity index (χ2n) is 5.60. The maximum Gasteiger partial charge on any atom is 0.248 e. The third kappa shape index (κ3) is 3.75. The molecule has 23 heavy (non-hydrogen) atoms. The summed E-state index contributed by atoms with van der Waals surface area (Å²) < 4.78 is 5.81. The molecule has 0 radical (unpaired) electrons. The Morgan fingerprint density at radius 1 is 1.00 bits per heavy atom. The van der Waals surface area contributed by atoms with Crippen molar-refractivity contribution < 1.29 is 4.42 Å². The Bertz CT molecular complexity index is 786. The molecular weight excluding hydrogens is 284 g/mol. The van der Waals surface area contributed by atoms with Crippen molar-refractivity contribution in [3.8, 4) is 11.5 Å². The average molecular weight is 304 g/mol.